The first kappa shape index (κ1) is 18.5. The molecule has 0 spiro atoms. The molecule has 1 fully saturated rings. The van der Waals surface area contributed by atoms with E-state index >= 15 is 0 Å². The van der Waals surface area contributed by atoms with Crippen molar-refractivity contribution in [1.82, 2.24) is 10.2 Å². The van der Waals surface area contributed by atoms with Gasteiger partial charge >= 0.3 is 0 Å². The molecule has 0 aliphatic carbocycles. The standard InChI is InChI=1S/C18H36N2O/c1-5-6-7-8-9-10-13-19-16-11-14-20(15-12-16)17(21)18(2,3)4/h16,19H,5-15H2,1-4H3. The lowest BCUT2D eigenvalue weighted by Gasteiger charge is -2.36. The van der Waals surface area contributed by atoms with Crippen LogP contribution >= 0.6 is 0 Å². The van der Waals surface area contributed by atoms with E-state index in [0.717, 1.165) is 32.5 Å². The number of piperidine rings is 1. The maximum Gasteiger partial charge on any atom is 0.227 e. The van der Waals surface area contributed by atoms with Crippen molar-refractivity contribution in [2.24, 2.45) is 5.41 Å². The Morgan fingerprint density at radius 3 is 2.19 bits per heavy atom. The molecule has 0 unspecified atom stereocenters. The van der Waals surface area contributed by atoms with Crippen molar-refractivity contribution in [3.05, 3.63) is 0 Å². The lowest BCUT2D eigenvalue weighted by Crippen LogP contribution is -2.48. The number of hydrogen-bond donors (Lipinski definition) is 1. The Hall–Kier alpha value is -0.570. The van der Waals surface area contributed by atoms with E-state index in [1.165, 1.54) is 38.5 Å². The summed E-state index contributed by atoms with van der Waals surface area (Å²) in [5.74, 6) is 0.303. The summed E-state index contributed by atoms with van der Waals surface area (Å²) < 4.78 is 0. The number of carbonyl (C=O) groups excluding carboxylic acids is 1. The van der Waals surface area contributed by atoms with Gasteiger partial charge in [0.05, 0.1) is 0 Å². The fourth-order valence-corrected chi connectivity index (χ4v) is 2.97. The molecule has 124 valence electrons. The SMILES string of the molecule is CCCCCCCCNC1CCN(C(=O)C(C)(C)C)CC1. The van der Waals surface area contributed by atoms with Crippen LogP contribution < -0.4 is 5.32 Å². The molecule has 0 saturated carbocycles. The molecule has 0 bridgehead atoms. The van der Waals surface area contributed by atoms with Crippen LogP contribution in [0.5, 0.6) is 0 Å². The predicted molar refractivity (Wildman–Crippen MR) is 90.4 cm³/mol. The fourth-order valence-electron chi connectivity index (χ4n) is 2.97. The fraction of sp³-hybridized carbons (Fsp3) is 0.944. The molecule has 1 aliphatic rings. The Morgan fingerprint density at radius 1 is 1.05 bits per heavy atom. The van der Waals surface area contributed by atoms with Crippen LogP contribution in [0.1, 0.15) is 79.1 Å². The predicted octanol–water partition coefficient (Wildman–Crippen LogP) is 3.97. The number of nitrogens with one attached hydrogen (secondary N) is 1. The maximum absolute atomic E-state index is 12.2. The van der Waals surface area contributed by atoms with Gasteiger partial charge in [-0.15, -0.1) is 0 Å². The number of hydrogen-bond acceptors (Lipinski definition) is 2. The van der Waals surface area contributed by atoms with Gasteiger partial charge in [-0.25, -0.2) is 0 Å². The second kappa shape index (κ2) is 9.45. The summed E-state index contributed by atoms with van der Waals surface area (Å²) in [6.07, 6.45) is 10.4. The van der Waals surface area contributed by atoms with Crippen molar-refractivity contribution >= 4 is 5.91 Å². The number of unbranched alkanes of at least 4 members (excludes halogenated alkanes) is 5. The van der Waals surface area contributed by atoms with Gasteiger partial charge in [-0.05, 0) is 25.8 Å². The summed E-state index contributed by atoms with van der Waals surface area (Å²) in [6.45, 7) is 11.3. The highest BCUT2D eigenvalue weighted by Crippen LogP contribution is 2.21. The van der Waals surface area contributed by atoms with Crippen molar-refractivity contribution < 1.29 is 4.79 Å². The summed E-state index contributed by atoms with van der Waals surface area (Å²) in [5.41, 5.74) is -0.237. The van der Waals surface area contributed by atoms with E-state index in [1.807, 2.05) is 25.7 Å². The normalized spacial score (nSPS) is 17.2. The molecule has 1 heterocycles. The van der Waals surface area contributed by atoms with Crippen LogP contribution in [0, 0.1) is 5.41 Å². The molecule has 0 aromatic heterocycles. The Kier molecular flexibility index (Phi) is 8.31. The highest BCUT2D eigenvalue weighted by atomic mass is 16.2. The maximum atomic E-state index is 12.2. The van der Waals surface area contributed by atoms with Crippen molar-refractivity contribution in [3.63, 3.8) is 0 Å². The van der Waals surface area contributed by atoms with E-state index < -0.39 is 0 Å². The highest BCUT2D eigenvalue weighted by Gasteiger charge is 2.29. The summed E-state index contributed by atoms with van der Waals surface area (Å²) in [4.78, 5) is 14.3. The topological polar surface area (TPSA) is 32.3 Å². The van der Waals surface area contributed by atoms with E-state index in [9.17, 15) is 4.79 Å². The minimum absolute atomic E-state index is 0.237. The van der Waals surface area contributed by atoms with Gasteiger partial charge in [0.1, 0.15) is 0 Å². The Labute approximate surface area is 131 Å². The highest BCUT2D eigenvalue weighted by molar-refractivity contribution is 5.81. The first-order chi connectivity index (χ1) is 9.95. The van der Waals surface area contributed by atoms with Gasteiger partial charge in [0.2, 0.25) is 5.91 Å². The molecular weight excluding hydrogens is 260 g/mol. The van der Waals surface area contributed by atoms with Gasteiger partial charge in [-0.2, -0.15) is 0 Å². The molecule has 0 radical (unpaired) electrons. The lowest BCUT2D eigenvalue weighted by molar-refractivity contribution is -0.140. The molecule has 21 heavy (non-hydrogen) atoms. The first-order valence-corrected chi connectivity index (χ1v) is 8.98. The van der Waals surface area contributed by atoms with Crippen molar-refractivity contribution in [2.45, 2.75) is 85.1 Å². The molecule has 0 atom stereocenters. The first-order valence-electron chi connectivity index (χ1n) is 8.98. The van der Waals surface area contributed by atoms with Gasteiger partial charge in [-0.1, -0.05) is 59.8 Å². The summed E-state index contributed by atoms with van der Waals surface area (Å²) in [7, 11) is 0. The van der Waals surface area contributed by atoms with Gasteiger partial charge < -0.3 is 10.2 Å². The van der Waals surface area contributed by atoms with Crippen molar-refractivity contribution in [3.8, 4) is 0 Å². The molecule has 3 heteroatoms. The second-order valence-corrected chi connectivity index (χ2v) is 7.54. The van der Waals surface area contributed by atoms with Gasteiger partial charge in [0, 0.05) is 24.5 Å². The van der Waals surface area contributed by atoms with E-state index in [0.29, 0.717) is 11.9 Å². The average Bonchev–Trinajstić information content (AvgIpc) is 2.45. The number of amides is 1. The molecule has 1 amide bonds. The molecule has 1 saturated heterocycles. The lowest BCUT2D eigenvalue weighted by atomic mass is 9.93. The number of rotatable bonds is 8. The summed E-state index contributed by atoms with van der Waals surface area (Å²) in [6, 6.07) is 0.615. The summed E-state index contributed by atoms with van der Waals surface area (Å²) in [5, 5.41) is 3.67. The van der Waals surface area contributed by atoms with Gasteiger partial charge in [-0.3, -0.25) is 4.79 Å². The van der Waals surface area contributed by atoms with Crippen LogP contribution in [0.25, 0.3) is 0 Å². The number of likely N-dealkylation sites (tertiary alicyclic amines) is 1. The molecule has 1 aliphatic heterocycles. The van der Waals surface area contributed by atoms with Gasteiger partial charge in [0.25, 0.3) is 0 Å². The third kappa shape index (κ3) is 7.30. The zero-order valence-corrected chi connectivity index (χ0v) is 14.7. The van der Waals surface area contributed by atoms with Crippen molar-refractivity contribution in [2.75, 3.05) is 19.6 Å². The smallest absolute Gasteiger partial charge is 0.227 e. The molecule has 0 aromatic carbocycles. The van der Waals surface area contributed by atoms with Crippen LogP contribution in [0.4, 0.5) is 0 Å². The van der Waals surface area contributed by atoms with Gasteiger partial charge in [0.15, 0.2) is 0 Å². The second-order valence-electron chi connectivity index (χ2n) is 7.54. The van der Waals surface area contributed by atoms with E-state index in [1.54, 1.807) is 0 Å². The Morgan fingerprint density at radius 2 is 1.62 bits per heavy atom. The molecule has 0 aromatic rings. The quantitative estimate of drug-likeness (QED) is 0.687. The molecule has 3 nitrogen and oxygen atoms in total. The number of nitrogens with zero attached hydrogens (tertiary/aromatic N) is 1. The van der Waals surface area contributed by atoms with Crippen LogP contribution in [0.3, 0.4) is 0 Å². The third-order valence-corrected chi connectivity index (χ3v) is 4.39. The minimum Gasteiger partial charge on any atom is -0.342 e. The van der Waals surface area contributed by atoms with Crippen LogP contribution in [0.2, 0.25) is 0 Å². The van der Waals surface area contributed by atoms with E-state index in [-0.39, 0.29) is 5.41 Å². The van der Waals surface area contributed by atoms with Crippen molar-refractivity contribution in [1.29, 1.82) is 0 Å². The minimum atomic E-state index is -0.237. The molecular formula is C18H36N2O. The largest absolute Gasteiger partial charge is 0.342 e. The monoisotopic (exact) mass is 296 g/mol. The zero-order valence-electron chi connectivity index (χ0n) is 14.7. The Bertz CT molecular complexity index is 288. The van der Waals surface area contributed by atoms with E-state index in [2.05, 4.69) is 12.2 Å². The van der Waals surface area contributed by atoms with Crippen LogP contribution in [-0.2, 0) is 4.79 Å². The number of carbonyl (C=O) groups is 1. The molecule has 1 rings (SSSR count). The van der Waals surface area contributed by atoms with Crippen LogP contribution in [-0.4, -0.2) is 36.5 Å². The Balaban J connectivity index is 2.07. The van der Waals surface area contributed by atoms with Crippen LogP contribution in [0.15, 0.2) is 0 Å². The summed E-state index contributed by atoms with van der Waals surface area (Å²) >= 11 is 0. The average molecular weight is 296 g/mol. The zero-order chi connectivity index (χ0) is 15.7. The molecule has 1 N–H and O–H groups in total. The third-order valence-electron chi connectivity index (χ3n) is 4.39. The van der Waals surface area contributed by atoms with E-state index in [4.69, 9.17) is 0 Å².